The van der Waals surface area contributed by atoms with E-state index >= 15 is 0 Å². The molecule has 2 aromatic rings. The van der Waals surface area contributed by atoms with Crippen LogP contribution in [0.3, 0.4) is 0 Å². The largest absolute Gasteiger partial charge is 0.477 e. The highest BCUT2D eigenvalue weighted by molar-refractivity contribution is 5.98. The molecule has 1 aliphatic rings. The zero-order valence-electron chi connectivity index (χ0n) is 11.5. The lowest BCUT2D eigenvalue weighted by molar-refractivity contribution is -0.125. The molecule has 3 rings (SSSR count). The van der Waals surface area contributed by atoms with E-state index in [0.717, 1.165) is 5.56 Å². The summed E-state index contributed by atoms with van der Waals surface area (Å²) in [6, 6.07) is 11.8. The van der Waals surface area contributed by atoms with Gasteiger partial charge in [-0.05, 0) is 31.5 Å². The van der Waals surface area contributed by atoms with Crippen LogP contribution in [0.25, 0.3) is 0 Å². The molecule has 1 unspecified atom stereocenters. The van der Waals surface area contributed by atoms with Gasteiger partial charge in [-0.2, -0.15) is 0 Å². The minimum absolute atomic E-state index is 0.0585. The van der Waals surface area contributed by atoms with Gasteiger partial charge in [-0.25, -0.2) is 4.98 Å². The fourth-order valence-corrected chi connectivity index (χ4v) is 2.27. The smallest absolute Gasteiger partial charge is 0.269 e. The first-order valence-electron chi connectivity index (χ1n) is 6.64. The van der Waals surface area contributed by atoms with Gasteiger partial charge in [0.05, 0.1) is 6.54 Å². The van der Waals surface area contributed by atoms with Crippen molar-refractivity contribution in [1.29, 1.82) is 0 Å². The number of aryl methyl sites for hydroxylation is 1. The van der Waals surface area contributed by atoms with Gasteiger partial charge in [-0.3, -0.25) is 9.69 Å². The van der Waals surface area contributed by atoms with Gasteiger partial charge < -0.3 is 4.74 Å². The lowest BCUT2D eigenvalue weighted by Gasteiger charge is -2.31. The molecule has 1 amide bonds. The number of nitrogens with zero attached hydrogens (tertiary/aromatic N) is 2. The summed E-state index contributed by atoms with van der Waals surface area (Å²) in [5.41, 5.74) is 2.28. The molecule has 1 aliphatic heterocycles. The second-order valence-corrected chi connectivity index (χ2v) is 5.00. The van der Waals surface area contributed by atoms with Crippen LogP contribution in [0.1, 0.15) is 18.1 Å². The molecule has 0 saturated carbocycles. The first kappa shape index (κ1) is 12.7. The summed E-state index contributed by atoms with van der Waals surface area (Å²) in [5.74, 6) is 1.19. The van der Waals surface area contributed by atoms with Crippen LogP contribution in [0.15, 0.2) is 42.6 Å². The fourth-order valence-electron chi connectivity index (χ4n) is 2.27. The molecule has 4 nitrogen and oxygen atoms in total. The van der Waals surface area contributed by atoms with Gasteiger partial charge in [-0.15, -0.1) is 0 Å². The maximum absolute atomic E-state index is 12.3. The van der Waals surface area contributed by atoms with Crippen molar-refractivity contribution in [3.8, 4) is 5.75 Å². The normalized spacial score (nSPS) is 17.6. The number of fused-ring (bicyclic) bond motifs is 1. The highest BCUT2D eigenvalue weighted by atomic mass is 16.5. The van der Waals surface area contributed by atoms with E-state index in [4.69, 9.17) is 4.74 Å². The van der Waals surface area contributed by atoms with Crippen molar-refractivity contribution in [2.45, 2.75) is 26.5 Å². The maximum atomic E-state index is 12.3. The molecular weight excluding hydrogens is 252 g/mol. The zero-order chi connectivity index (χ0) is 14.1. The second-order valence-electron chi connectivity index (χ2n) is 5.00. The van der Waals surface area contributed by atoms with Crippen LogP contribution in [-0.2, 0) is 11.3 Å². The van der Waals surface area contributed by atoms with Crippen molar-refractivity contribution in [3.63, 3.8) is 0 Å². The van der Waals surface area contributed by atoms with Crippen molar-refractivity contribution >= 4 is 11.7 Å². The number of benzene rings is 1. The van der Waals surface area contributed by atoms with Gasteiger partial charge in [0.2, 0.25) is 0 Å². The number of aromatic nitrogens is 1. The molecule has 0 saturated heterocycles. The van der Waals surface area contributed by atoms with E-state index in [1.807, 2.05) is 43.3 Å². The summed E-state index contributed by atoms with van der Waals surface area (Å²) >= 11 is 0. The Morgan fingerprint density at radius 2 is 2.00 bits per heavy atom. The Kier molecular flexibility index (Phi) is 3.14. The van der Waals surface area contributed by atoms with Crippen LogP contribution < -0.4 is 9.64 Å². The predicted octanol–water partition coefficient (Wildman–Crippen LogP) is 2.70. The minimum atomic E-state index is -0.475. The van der Waals surface area contributed by atoms with E-state index in [2.05, 4.69) is 4.98 Å². The zero-order valence-corrected chi connectivity index (χ0v) is 11.5. The molecule has 20 heavy (non-hydrogen) atoms. The van der Waals surface area contributed by atoms with Crippen molar-refractivity contribution in [1.82, 2.24) is 4.98 Å². The Morgan fingerprint density at radius 3 is 2.75 bits per heavy atom. The fraction of sp³-hybridized carbons (Fsp3) is 0.250. The summed E-state index contributed by atoms with van der Waals surface area (Å²) in [6.45, 7) is 4.32. The number of rotatable bonds is 2. The Balaban J connectivity index is 1.95. The molecule has 0 N–H and O–H groups in total. The predicted molar refractivity (Wildman–Crippen MR) is 76.7 cm³/mol. The van der Waals surface area contributed by atoms with E-state index < -0.39 is 6.10 Å². The molecular formula is C16H16N2O2. The third-order valence-electron chi connectivity index (χ3n) is 3.39. The molecule has 1 aromatic carbocycles. The summed E-state index contributed by atoms with van der Waals surface area (Å²) in [4.78, 5) is 18.3. The number of carbonyl (C=O) groups excluding carboxylic acids is 1. The molecule has 0 radical (unpaired) electrons. The van der Waals surface area contributed by atoms with Gasteiger partial charge in [0.1, 0.15) is 0 Å². The van der Waals surface area contributed by atoms with Crippen LogP contribution in [0.5, 0.6) is 5.75 Å². The minimum Gasteiger partial charge on any atom is -0.477 e. The van der Waals surface area contributed by atoms with Crippen molar-refractivity contribution in [3.05, 3.63) is 53.7 Å². The Hall–Kier alpha value is -2.36. The molecule has 2 heterocycles. The number of hydrogen-bond donors (Lipinski definition) is 0. The molecule has 0 fully saturated rings. The van der Waals surface area contributed by atoms with Crippen LogP contribution in [-0.4, -0.2) is 17.0 Å². The molecule has 102 valence electrons. The second kappa shape index (κ2) is 4.96. The molecule has 1 atom stereocenters. The molecule has 1 aromatic heterocycles. The SMILES string of the molecule is Cc1ccc(CN2C(=O)C(C)Oc3cccnc32)cc1. The van der Waals surface area contributed by atoms with E-state index in [0.29, 0.717) is 18.1 Å². The van der Waals surface area contributed by atoms with Crippen LogP contribution in [0.4, 0.5) is 5.82 Å². The number of anilines is 1. The van der Waals surface area contributed by atoms with Gasteiger partial charge in [0.15, 0.2) is 17.7 Å². The number of ether oxygens (including phenoxy) is 1. The van der Waals surface area contributed by atoms with Crippen LogP contribution in [0.2, 0.25) is 0 Å². The number of pyridine rings is 1. The first-order valence-corrected chi connectivity index (χ1v) is 6.64. The maximum Gasteiger partial charge on any atom is 0.269 e. The molecule has 0 spiro atoms. The Labute approximate surface area is 118 Å². The topological polar surface area (TPSA) is 42.4 Å². The van der Waals surface area contributed by atoms with Crippen molar-refractivity contribution < 1.29 is 9.53 Å². The highest BCUT2D eigenvalue weighted by Crippen LogP contribution is 2.32. The molecule has 0 bridgehead atoms. The van der Waals surface area contributed by atoms with E-state index in [1.54, 1.807) is 18.0 Å². The Bertz CT molecular complexity index is 637. The van der Waals surface area contributed by atoms with Crippen LogP contribution in [0, 0.1) is 6.92 Å². The molecule has 4 heteroatoms. The van der Waals surface area contributed by atoms with E-state index in [1.165, 1.54) is 5.56 Å². The first-order chi connectivity index (χ1) is 9.65. The number of amides is 1. The summed E-state index contributed by atoms with van der Waals surface area (Å²) in [6.07, 6.45) is 1.20. The standard InChI is InChI=1S/C16H16N2O2/c1-11-5-7-13(8-6-11)10-18-15-14(4-3-9-17-15)20-12(2)16(18)19/h3-9,12H,10H2,1-2H3. The molecule has 0 aliphatic carbocycles. The van der Waals surface area contributed by atoms with Gasteiger partial charge >= 0.3 is 0 Å². The van der Waals surface area contributed by atoms with E-state index in [9.17, 15) is 4.79 Å². The number of carbonyl (C=O) groups is 1. The third kappa shape index (κ3) is 2.25. The summed E-state index contributed by atoms with van der Waals surface area (Å²) in [7, 11) is 0. The lowest BCUT2D eigenvalue weighted by Crippen LogP contribution is -2.44. The van der Waals surface area contributed by atoms with Crippen molar-refractivity contribution in [2.24, 2.45) is 0 Å². The van der Waals surface area contributed by atoms with Gasteiger partial charge in [0.25, 0.3) is 5.91 Å². The third-order valence-corrected chi connectivity index (χ3v) is 3.39. The van der Waals surface area contributed by atoms with Gasteiger partial charge in [-0.1, -0.05) is 29.8 Å². The van der Waals surface area contributed by atoms with Crippen LogP contribution >= 0.6 is 0 Å². The average molecular weight is 268 g/mol. The van der Waals surface area contributed by atoms with E-state index in [-0.39, 0.29) is 5.91 Å². The average Bonchev–Trinajstić information content (AvgIpc) is 2.46. The quantitative estimate of drug-likeness (QED) is 0.841. The summed E-state index contributed by atoms with van der Waals surface area (Å²) < 4.78 is 5.58. The summed E-state index contributed by atoms with van der Waals surface area (Å²) in [5, 5.41) is 0. The monoisotopic (exact) mass is 268 g/mol. The Morgan fingerprint density at radius 1 is 1.25 bits per heavy atom. The van der Waals surface area contributed by atoms with Gasteiger partial charge in [0, 0.05) is 6.20 Å². The lowest BCUT2D eigenvalue weighted by atomic mass is 10.1. The number of hydrogen-bond acceptors (Lipinski definition) is 3. The van der Waals surface area contributed by atoms with Crippen molar-refractivity contribution in [2.75, 3.05) is 4.90 Å². The highest BCUT2D eigenvalue weighted by Gasteiger charge is 2.32.